The van der Waals surface area contributed by atoms with E-state index in [0.29, 0.717) is 45.3 Å². The number of benzene rings is 4. The largest absolute Gasteiger partial charge is 0.457 e. The number of hydrogen-bond donors (Lipinski definition) is 0. The molecule has 32 heavy (non-hydrogen) atoms. The Balaban J connectivity index is 1.85. The summed E-state index contributed by atoms with van der Waals surface area (Å²) in [6.07, 6.45) is 0. The molecule has 2 aliphatic heterocycles. The molecule has 4 aromatic rings. The number of fused-ring (bicyclic) bond motifs is 4. The van der Waals surface area contributed by atoms with E-state index in [0.717, 1.165) is 0 Å². The molecule has 0 spiro atoms. The molecule has 0 atom stereocenters. The number of hydrogen-bond acceptors (Lipinski definition) is 4. The Hall–Kier alpha value is -4.54. The zero-order valence-electron chi connectivity index (χ0n) is 16.9. The third-order valence-electron chi connectivity index (χ3n) is 6.50. The molecule has 4 nitrogen and oxygen atoms in total. The Morgan fingerprint density at radius 1 is 0.438 bits per heavy atom. The van der Waals surface area contributed by atoms with Gasteiger partial charge >= 0.3 is 0 Å². The maximum absolute atomic E-state index is 11.0. The quantitative estimate of drug-likeness (QED) is 0.372. The fraction of sp³-hybridized carbons (Fsp3) is 0.0714. The lowest BCUT2D eigenvalue weighted by molar-refractivity contribution is 0.346. The second kappa shape index (κ2) is 6.48. The average molecular weight is 412 g/mol. The first-order chi connectivity index (χ1) is 15.8. The molecule has 0 aromatic heterocycles. The summed E-state index contributed by atoms with van der Waals surface area (Å²) in [4.78, 5) is 0. The normalized spacial score (nSPS) is 15.8. The van der Waals surface area contributed by atoms with Gasteiger partial charge < -0.3 is 9.47 Å². The highest BCUT2D eigenvalue weighted by atomic mass is 16.5. The molecule has 0 saturated carbocycles. The number of ether oxygens (including phenoxy) is 2. The topological polar surface area (TPSA) is 66.0 Å². The van der Waals surface area contributed by atoms with Crippen molar-refractivity contribution in [2.75, 3.05) is 0 Å². The van der Waals surface area contributed by atoms with E-state index in [-0.39, 0.29) is 0 Å². The van der Waals surface area contributed by atoms with E-state index in [1.54, 1.807) is 0 Å². The van der Waals surface area contributed by atoms with Gasteiger partial charge in [-0.3, -0.25) is 0 Å². The smallest absolute Gasteiger partial charge is 0.141 e. The van der Waals surface area contributed by atoms with Gasteiger partial charge in [-0.05, 0) is 24.3 Å². The van der Waals surface area contributed by atoms with Gasteiger partial charge in [-0.15, -0.1) is 0 Å². The van der Waals surface area contributed by atoms with Crippen LogP contribution in [0.25, 0.3) is 0 Å². The molecule has 0 bridgehead atoms. The molecule has 2 heterocycles. The van der Waals surface area contributed by atoms with Gasteiger partial charge in [0, 0.05) is 22.3 Å². The molecule has 0 aliphatic carbocycles. The van der Waals surface area contributed by atoms with Crippen LogP contribution in [0.15, 0.2) is 97.1 Å². The third-order valence-corrected chi connectivity index (χ3v) is 6.50. The lowest BCUT2D eigenvalue weighted by Crippen LogP contribution is -2.51. The molecule has 4 heteroatoms. The van der Waals surface area contributed by atoms with Crippen molar-refractivity contribution in [3.63, 3.8) is 0 Å². The second-order valence-corrected chi connectivity index (χ2v) is 7.91. The van der Waals surface area contributed by atoms with Crippen molar-refractivity contribution in [3.8, 4) is 35.1 Å². The van der Waals surface area contributed by atoms with Gasteiger partial charge in [0.05, 0.1) is 12.1 Å². The Bertz CT molecular complexity index is 1270. The molecule has 0 radical (unpaired) electrons. The van der Waals surface area contributed by atoms with E-state index in [1.165, 1.54) is 0 Å². The van der Waals surface area contributed by atoms with E-state index in [4.69, 9.17) is 9.47 Å². The van der Waals surface area contributed by atoms with Gasteiger partial charge in [0.25, 0.3) is 0 Å². The van der Waals surface area contributed by atoms with E-state index in [2.05, 4.69) is 12.1 Å². The van der Waals surface area contributed by atoms with Gasteiger partial charge in [0.2, 0.25) is 0 Å². The highest BCUT2D eigenvalue weighted by molar-refractivity contribution is 5.74. The van der Waals surface area contributed by atoms with Crippen LogP contribution in [0.5, 0.6) is 23.0 Å². The number of nitriles is 2. The van der Waals surface area contributed by atoms with Crippen molar-refractivity contribution in [1.29, 1.82) is 10.5 Å². The Kier molecular flexibility index (Phi) is 3.69. The minimum Gasteiger partial charge on any atom is -0.457 e. The number of para-hydroxylation sites is 4. The highest BCUT2D eigenvalue weighted by Crippen LogP contribution is 2.63. The van der Waals surface area contributed by atoms with Crippen LogP contribution >= 0.6 is 0 Å². The zero-order chi connectivity index (χ0) is 21.8. The third kappa shape index (κ3) is 2.04. The predicted molar refractivity (Wildman–Crippen MR) is 119 cm³/mol. The first kappa shape index (κ1) is 18.2. The van der Waals surface area contributed by atoms with Crippen molar-refractivity contribution in [2.45, 2.75) is 10.8 Å². The fourth-order valence-corrected chi connectivity index (χ4v) is 5.21. The minimum absolute atomic E-state index is 0.573. The summed E-state index contributed by atoms with van der Waals surface area (Å²) in [5.41, 5.74) is -0.0983. The van der Waals surface area contributed by atoms with E-state index in [9.17, 15) is 10.5 Å². The van der Waals surface area contributed by atoms with Crippen molar-refractivity contribution in [1.82, 2.24) is 0 Å². The van der Waals surface area contributed by atoms with Crippen molar-refractivity contribution in [3.05, 3.63) is 119 Å². The molecule has 0 saturated heterocycles. The number of nitrogens with zero attached hydrogens (tertiary/aromatic N) is 2. The van der Waals surface area contributed by atoms with Crippen LogP contribution in [0.3, 0.4) is 0 Å². The van der Waals surface area contributed by atoms with Gasteiger partial charge in [-0.25, -0.2) is 0 Å². The Morgan fingerprint density at radius 3 is 0.938 bits per heavy atom. The lowest BCUT2D eigenvalue weighted by atomic mass is 9.51. The Morgan fingerprint density at radius 2 is 0.688 bits per heavy atom. The van der Waals surface area contributed by atoms with Gasteiger partial charge in [0.15, 0.2) is 0 Å². The summed E-state index contributed by atoms with van der Waals surface area (Å²) in [5.74, 6) is 2.29. The summed E-state index contributed by atoms with van der Waals surface area (Å²) >= 11 is 0. The van der Waals surface area contributed by atoms with Crippen LogP contribution in [-0.2, 0) is 10.8 Å². The zero-order valence-corrected chi connectivity index (χ0v) is 16.9. The summed E-state index contributed by atoms with van der Waals surface area (Å²) in [6.45, 7) is 0. The van der Waals surface area contributed by atoms with Crippen molar-refractivity contribution in [2.24, 2.45) is 0 Å². The summed E-state index contributed by atoms with van der Waals surface area (Å²) in [7, 11) is 0. The van der Waals surface area contributed by atoms with Crippen LogP contribution in [0.4, 0.5) is 0 Å². The second-order valence-electron chi connectivity index (χ2n) is 7.91. The van der Waals surface area contributed by atoms with Crippen LogP contribution < -0.4 is 9.47 Å². The van der Waals surface area contributed by atoms with Gasteiger partial charge in [0.1, 0.15) is 33.8 Å². The fourth-order valence-electron chi connectivity index (χ4n) is 5.21. The molecular formula is C28H16N2O2. The van der Waals surface area contributed by atoms with Crippen molar-refractivity contribution >= 4 is 0 Å². The maximum atomic E-state index is 11.0. The molecule has 4 aromatic carbocycles. The molecule has 0 fully saturated rings. The molecule has 0 N–H and O–H groups in total. The average Bonchev–Trinajstić information content (AvgIpc) is 2.86. The van der Waals surface area contributed by atoms with Crippen LogP contribution in [0.1, 0.15) is 22.3 Å². The molecular weight excluding hydrogens is 396 g/mol. The summed E-state index contributed by atoms with van der Waals surface area (Å²) in [5, 5.41) is 22.1. The summed E-state index contributed by atoms with van der Waals surface area (Å²) < 4.78 is 12.4. The van der Waals surface area contributed by atoms with Crippen molar-refractivity contribution < 1.29 is 9.47 Å². The monoisotopic (exact) mass is 412 g/mol. The Labute approximate surface area is 185 Å². The first-order valence-electron chi connectivity index (χ1n) is 10.3. The standard InChI is InChI=1S/C28H16N2O2/c29-17-27(19-9-1-5-13-23(19)31-24-14-6-2-10-20(24)27)28(18-30)21-11-3-7-15-25(21)32-26-16-8-4-12-22(26)28/h1-16H. The van der Waals surface area contributed by atoms with Crippen LogP contribution in [0, 0.1) is 22.7 Å². The van der Waals surface area contributed by atoms with Crippen LogP contribution in [-0.4, -0.2) is 0 Å². The molecule has 6 rings (SSSR count). The maximum Gasteiger partial charge on any atom is 0.141 e. The van der Waals surface area contributed by atoms with E-state index in [1.807, 2.05) is 97.1 Å². The van der Waals surface area contributed by atoms with Gasteiger partial charge in [-0.1, -0.05) is 72.8 Å². The van der Waals surface area contributed by atoms with Crippen LogP contribution in [0.2, 0.25) is 0 Å². The molecule has 150 valence electrons. The minimum atomic E-state index is -1.37. The van der Waals surface area contributed by atoms with E-state index < -0.39 is 10.8 Å². The first-order valence-corrected chi connectivity index (χ1v) is 10.3. The predicted octanol–water partition coefficient (Wildman–Crippen LogP) is 6.22. The molecule has 0 amide bonds. The number of rotatable bonds is 1. The summed E-state index contributed by atoms with van der Waals surface area (Å²) in [6, 6.07) is 35.2. The molecule has 0 unspecified atom stereocenters. The highest BCUT2D eigenvalue weighted by Gasteiger charge is 2.63. The molecule has 2 aliphatic rings. The van der Waals surface area contributed by atoms with Gasteiger partial charge in [-0.2, -0.15) is 10.5 Å². The van der Waals surface area contributed by atoms with E-state index >= 15 is 0 Å². The SMILES string of the molecule is N#CC1(C2(C#N)c3ccccc3Oc3ccccc32)c2ccccc2Oc2ccccc21. The lowest BCUT2D eigenvalue weighted by Gasteiger charge is -2.48.